The fourth-order valence-corrected chi connectivity index (χ4v) is 1.79. The van der Waals surface area contributed by atoms with E-state index in [1.54, 1.807) is 39.0 Å². The summed E-state index contributed by atoms with van der Waals surface area (Å²) in [6.45, 7) is 6.92. The number of carbonyl (C=O) groups is 2. The van der Waals surface area contributed by atoms with Gasteiger partial charge < -0.3 is 20.3 Å². The number of rotatable bonds is 4. The van der Waals surface area contributed by atoms with Crippen LogP contribution in [0.15, 0.2) is 24.3 Å². The normalized spacial score (nSPS) is 14.1. The third-order valence-electron chi connectivity index (χ3n) is 2.64. The molecular weight excluding hydrogens is 274 g/mol. The Hall–Kier alpha value is -2.08. The van der Waals surface area contributed by atoms with Gasteiger partial charge in [0, 0.05) is 0 Å². The highest BCUT2D eigenvalue weighted by atomic mass is 16.6. The van der Waals surface area contributed by atoms with Crippen LogP contribution in [0.4, 0.5) is 4.79 Å². The van der Waals surface area contributed by atoms with Gasteiger partial charge in [-0.2, -0.15) is 0 Å². The zero-order valence-corrected chi connectivity index (χ0v) is 12.6. The second-order valence-corrected chi connectivity index (χ2v) is 5.82. The summed E-state index contributed by atoms with van der Waals surface area (Å²) in [6.07, 6.45) is -2.55. The molecule has 6 heteroatoms. The molecule has 1 rings (SSSR count). The second kappa shape index (κ2) is 6.58. The van der Waals surface area contributed by atoms with Crippen molar-refractivity contribution in [1.29, 1.82) is 0 Å². The van der Waals surface area contributed by atoms with E-state index < -0.39 is 29.8 Å². The highest BCUT2D eigenvalue weighted by Crippen LogP contribution is 2.20. The van der Waals surface area contributed by atoms with E-state index in [2.05, 4.69) is 5.32 Å². The van der Waals surface area contributed by atoms with Crippen LogP contribution in [-0.4, -0.2) is 34.0 Å². The molecule has 0 aliphatic carbocycles. The van der Waals surface area contributed by atoms with Crippen molar-refractivity contribution in [3.05, 3.63) is 35.4 Å². The van der Waals surface area contributed by atoms with Crippen molar-refractivity contribution < 1.29 is 24.5 Å². The molecule has 1 amide bonds. The van der Waals surface area contributed by atoms with E-state index in [1.165, 1.54) is 0 Å². The summed E-state index contributed by atoms with van der Waals surface area (Å²) in [7, 11) is 0. The minimum atomic E-state index is -1.76. The second-order valence-electron chi connectivity index (χ2n) is 5.82. The van der Waals surface area contributed by atoms with Crippen LogP contribution in [0.1, 0.15) is 37.9 Å². The smallest absolute Gasteiger partial charge is 0.408 e. The Morgan fingerprint density at radius 1 is 1.29 bits per heavy atom. The minimum absolute atomic E-state index is 0.496. The summed E-state index contributed by atoms with van der Waals surface area (Å²) >= 11 is 0. The van der Waals surface area contributed by atoms with Gasteiger partial charge in [-0.05, 0) is 33.3 Å². The van der Waals surface area contributed by atoms with E-state index in [1.807, 2.05) is 13.0 Å². The van der Waals surface area contributed by atoms with Crippen molar-refractivity contribution in [3.8, 4) is 0 Å². The van der Waals surface area contributed by atoms with Gasteiger partial charge in [0.25, 0.3) is 0 Å². The molecule has 0 fully saturated rings. The fourth-order valence-electron chi connectivity index (χ4n) is 1.79. The van der Waals surface area contributed by atoms with E-state index in [4.69, 9.17) is 9.84 Å². The highest BCUT2D eigenvalue weighted by Gasteiger charge is 2.30. The molecule has 3 N–H and O–H groups in total. The Morgan fingerprint density at radius 3 is 2.38 bits per heavy atom. The molecule has 0 aromatic heterocycles. The largest absolute Gasteiger partial charge is 0.479 e. The zero-order chi connectivity index (χ0) is 16.2. The monoisotopic (exact) mass is 295 g/mol. The molecule has 0 spiro atoms. The standard InChI is InChI=1S/C15H21NO5/c1-9-6-5-7-10(8-9)11(12(17)13(18)19)16-14(20)21-15(2,3)4/h5-8,11-12,17H,1-4H3,(H,16,20)(H,18,19)/t11-,12-/m1/s1. The third-order valence-corrected chi connectivity index (χ3v) is 2.64. The summed E-state index contributed by atoms with van der Waals surface area (Å²) < 4.78 is 5.10. The lowest BCUT2D eigenvalue weighted by Crippen LogP contribution is -2.42. The van der Waals surface area contributed by atoms with E-state index in [0.29, 0.717) is 5.56 Å². The van der Waals surface area contributed by atoms with Crippen LogP contribution < -0.4 is 5.32 Å². The van der Waals surface area contributed by atoms with Gasteiger partial charge in [-0.15, -0.1) is 0 Å². The quantitative estimate of drug-likeness (QED) is 0.789. The summed E-state index contributed by atoms with van der Waals surface area (Å²) in [4.78, 5) is 22.8. The Bertz CT molecular complexity index is 521. The SMILES string of the molecule is Cc1cccc([C@@H](NC(=O)OC(C)(C)C)[C@@H](O)C(=O)O)c1. The number of hydrogen-bond donors (Lipinski definition) is 3. The summed E-state index contributed by atoms with van der Waals surface area (Å²) in [6, 6.07) is 5.82. The molecule has 0 saturated heterocycles. The average Bonchev–Trinajstić information content (AvgIpc) is 2.32. The molecule has 0 aliphatic heterocycles. The van der Waals surface area contributed by atoms with Gasteiger partial charge >= 0.3 is 12.1 Å². The molecule has 0 radical (unpaired) electrons. The number of carboxylic acids is 1. The number of ether oxygens (including phenoxy) is 1. The first-order valence-electron chi connectivity index (χ1n) is 6.57. The molecule has 0 unspecified atom stereocenters. The van der Waals surface area contributed by atoms with Gasteiger partial charge in [-0.3, -0.25) is 0 Å². The number of aliphatic carboxylic acids is 1. The lowest BCUT2D eigenvalue weighted by molar-refractivity contribution is -0.148. The molecule has 21 heavy (non-hydrogen) atoms. The predicted octanol–water partition coefficient (Wildman–Crippen LogP) is 2.01. The van der Waals surface area contributed by atoms with Gasteiger partial charge in [0.1, 0.15) is 5.60 Å². The number of carbonyl (C=O) groups excluding carboxylic acids is 1. The van der Waals surface area contributed by atoms with Crippen LogP contribution in [0, 0.1) is 6.92 Å². The van der Waals surface area contributed by atoms with Crippen molar-refractivity contribution in [1.82, 2.24) is 5.32 Å². The fraction of sp³-hybridized carbons (Fsp3) is 0.467. The number of nitrogens with one attached hydrogen (secondary N) is 1. The van der Waals surface area contributed by atoms with Gasteiger partial charge in [0.2, 0.25) is 0 Å². The van der Waals surface area contributed by atoms with E-state index in [0.717, 1.165) is 5.56 Å². The maximum absolute atomic E-state index is 11.8. The van der Waals surface area contributed by atoms with Crippen LogP contribution in [0.5, 0.6) is 0 Å². The molecule has 6 nitrogen and oxygen atoms in total. The van der Waals surface area contributed by atoms with E-state index >= 15 is 0 Å². The van der Waals surface area contributed by atoms with Crippen LogP contribution in [0.25, 0.3) is 0 Å². The molecule has 1 aromatic carbocycles. The number of aliphatic hydroxyl groups is 1. The molecule has 0 heterocycles. The van der Waals surface area contributed by atoms with Crippen molar-refractivity contribution in [2.75, 3.05) is 0 Å². The zero-order valence-electron chi connectivity index (χ0n) is 12.6. The Labute approximate surface area is 123 Å². The summed E-state index contributed by atoms with van der Waals surface area (Å²) in [5.74, 6) is -1.42. The van der Waals surface area contributed by atoms with Crippen molar-refractivity contribution in [3.63, 3.8) is 0 Å². The first-order chi connectivity index (χ1) is 9.60. The lowest BCUT2D eigenvalue weighted by atomic mass is 10.00. The first kappa shape index (κ1) is 17.0. The maximum Gasteiger partial charge on any atom is 0.408 e. The molecule has 116 valence electrons. The van der Waals surface area contributed by atoms with Crippen LogP contribution in [0.2, 0.25) is 0 Å². The average molecular weight is 295 g/mol. The van der Waals surface area contributed by atoms with Gasteiger partial charge in [-0.1, -0.05) is 29.8 Å². The number of aryl methyl sites for hydroxylation is 1. The number of benzene rings is 1. The lowest BCUT2D eigenvalue weighted by Gasteiger charge is -2.25. The molecule has 1 aromatic rings. The molecule has 0 aliphatic rings. The van der Waals surface area contributed by atoms with Crippen LogP contribution in [-0.2, 0) is 9.53 Å². The van der Waals surface area contributed by atoms with Gasteiger partial charge in [-0.25, -0.2) is 9.59 Å². The number of aliphatic hydroxyl groups excluding tert-OH is 1. The van der Waals surface area contributed by atoms with Crippen molar-refractivity contribution >= 4 is 12.1 Å². The first-order valence-corrected chi connectivity index (χ1v) is 6.57. The van der Waals surface area contributed by atoms with Crippen molar-refractivity contribution in [2.24, 2.45) is 0 Å². The maximum atomic E-state index is 11.8. The topological polar surface area (TPSA) is 95.9 Å². The van der Waals surface area contributed by atoms with Crippen molar-refractivity contribution in [2.45, 2.75) is 45.4 Å². The Kier molecular flexibility index (Phi) is 5.32. The minimum Gasteiger partial charge on any atom is -0.479 e. The van der Waals surface area contributed by atoms with E-state index in [9.17, 15) is 14.7 Å². The molecule has 0 bridgehead atoms. The predicted molar refractivity (Wildman–Crippen MR) is 76.9 cm³/mol. The van der Waals surface area contributed by atoms with Crippen LogP contribution in [0.3, 0.4) is 0 Å². The third kappa shape index (κ3) is 5.43. The summed E-state index contributed by atoms with van der Waals surface area (Å²) in [5, 5.41) is 21.2. The summed E-state index contributed by atoms with van der Waals surface area (Å²) in [5.41, 5.74) is 0.673. The molecular formula is C15H21NO5. The van der Waals surface area contributed by atoms with E-state index in [-0.39, 0.29) is 0 Å². The van der Waals surface area contributed by atoms with Gasteiger partial charge in [0.15, 0.2) is 6.10 Å². The number of hydrogen-bond acceptors (Lipinski definition) is 4. The number of alkyl carbamates (subject to hydrolysis) is 1. The molecule has 0 saturated carbocycles. The number of carboxylic acid groups (broad SMARTS) is 1. The highest BCUT2D eigenvalue weighted by molar-refractivity contribution is 5.75. The Morgan fingerprint density at radius 2 is 1.90 bits per heavy atom. The Balaban J connectivity index is 2.99. The van der Waals surface area contributed by atoms with Crippen LogP contribution >= 0.6 is 0 Å². The number of amides is 1. The molecule has 2 atom stereocenters. The van der Waals surface area contributed by atoms with Gasteiger partial charge in [0.05, 0.1) is 6.04 Å².